The molecule has 0 spiro atoms. The molecular formula is C17H13N3O6. The molecule has 1 aromatic carbocycles. The number of aromatic hydroxyl groups is 1. The molecule has 0 atom stereocenters. The van der Waals surface area contributed by atoms with Gasteiger partial charge in [-0.1, -0.05) is 18.2 Å². The van der Waals surface area contributed by atoms with Gasteiger partial charge in [0.1, 0.15) is 17.1 Å². The van der Waals surface area contributed by atoms with E-state index in [1.165, 1.54) is 31.4 Å². The molecule has 1 N–H and O–H groups in total. The van der Waals surface area contributed by atoms with E-state index in [2.05, 4.69) is 19.9 Å². The fraction of sp³-hybridized carbons (Fsp3) is 0.118. The largest absolute Gasteiger partial charge is 0.507 e. The molecule has 0 aliphatic carbocycles. The molecule has 0 unspecified atom stereocenters. The zero-order chi connectivity index (χ0) is 18.5. The van der Waals surface area contributed by atoms with Crippen LogP contribution in [0.25, 0.3) is 11.5 Å². The molecule has 0 aliphatic heterocycles. The van der Waals surface area contributed by atoms with Gasteiger partial charge in [0, 0.05) is 0 Å². The first-order valence-corrected chi connectivity index (χ1v) is 7.41. The Bertz CT molecular complexity index is 953. The molecule has 132 valence electrons. The highest BCUT2D eigenvalue weighted by Gasteiger charge is 2.16. The topological polar surface area (TPSA) is 125 Å². The summed E-state index contributed by atoms with van der Waals surface area (Å²) in [4.78, 5) is 27.4. The highest BCUT2D eigenvalue weighted by molar-refractivity contribution is 5.91. The summed E-state index contributed by atoms with van der Waals surface area (Å²) in [6, 6.07) is 10.8. The lowest BCUT2D eigenvalue weighted by molar-refractivity contribution is 0.0431. The van der Waals surface area contributed by atoms with E-state index < -0.39 is 11.9 Å². The van der Waals surface area contributed by atoms with Crippen molar-refractivity contribution in [2.24, 2.45) is 0 Å². The van der Waals surface area contributed by atoms with E-state index in [-0.39, 0.29) is 35.5 Å². The molecular weight excluding hydrogens is 342 g/mol. The molecule has 0 amide bonds. The maximum absolute atomic E-state index is 12.0. The van der Waals surface area contributed by atoms with Crippen molar-refractivity contribution in [2.45, 2.75) is 6.61 Å². The number of hydrogen-bond donors (Lipinski definition) is 1. The summed E-state index contributed by atoms with van der Waals surface area (Å²) in [5.41, 5.74) is 0.292. The van der Waals surface area contributed by atoms with Gasteiger partial charge < -0.3 is 19.0 Å². The maximum atomic E-state index is 12.0. The molecule has 9 heteroatoms. The normalized spacial score (nSPS) is 10.3. The lowest BCUT2D eigenvalue weighted by Gasteiger charge is -2.03. The minimum atomic E-state index is -0.766. The van der Waals surface area contributed by atoms with E-state index in [0.717, 1.165) is 0 Å². The van der Waals surface area contributed by atoms with Crippen LogP contribution < -0.4 is 0 Å². The number of ether oxygens (including phenoxy) is 2. The summed E-state index contributed by atoms with van der Waals surface area (Å²) < 4.78 is 15.0. The van der Waals surface area contributed by atoms with Crippen LogP contribution in [0.4, 0.5) is 0 Å². The van der Waals surface area contributed by atoms with Crippen LogP contribution in [0.3, 0.4) is 0 Å². The molecule has 0 bridgehead atoms. The first-order chi connectivity index (χ1) is 12.6. The van der Waals surface area contributed by atoms with E-state index in [9.17, 15) is 14.7 Å². The molecule has 9 nitrogen and oxygen atoms in total. The van der Waals surface area contributed by atoms with Gasteiger partial charge in [-0.2, -0.15) is 0 Å². The molecule has 0 aliphatic rings. The summed E-state index contributed by atoms with van der Waals surface area (Å²) in [6.07, 6.45) is 0. The van der Waals surface area contributed by atoms with Gasteiger partial charge in [-0.05, 0) is 24.3 Å². The van der Waals surface area contributed by atoms with E-state index in [0.29, 0.717) is 5.56 Å². The van der Waals surface area contributed by atoms with E-state index in [1.807, 2.05) is 0 Å². The molecule has 26 heavy (non-hydrogen) atoms. The first-order valence-electron chi connectivity index (χ1n) is 7.41. The van der Waals surface area contributed by atoms with Crippen molar-refractivity contribution in [1.82, 2.24) is 15.2 Å². The SMILES string of the molecule is COC(=O)c1cccc(C(=O)OCc2nnc(-c3ccccc3O)o2)n1. The third-order valence-corrected chi connectivity index (χ3v) is 3.28. The van der Waals surface area contributed by atoms with Gasteiger partial charge >= 0.3 is 11.9 Å². The highest BCUT2D eigenvalue weighted by atomic mass is 16.5. The molecule has 3 rings (SSSR count). The quantitative estimate of drug-likeness (QED) is 0.684. The zero-order valence-electron chi connectivity index (χ0n) is 13.6. The Morgan fingerprint density at radius 3 is 2.50 bits per heavy atom. The number of benzene rings is 1. The number of pyridine rings is 1. The van der Waals surface area contributed by atoms with Crippen LogP contribution in [0.1, 0.15) is 26.9 Å². The van der Waals surface area contributed by atoms with Gasteiger partial charge in [0.25, 0.3) is 11.8 Å². The van der Waals surface area contributed by atoms with Crippen molar-refractivity contribution in [2.75, 3.05) is 7.11 Å². The molecule has 2 aromatic heterocycles. The number of phenols is 1. The molecule has 0 saturated carbocycles. The molecule has 0 fully saturated rings. The fourth-order valence-electron chi connectivity index (χ4n) is 2.04. The van der Waals surface area contributed by atoms with Crippen molar-refractivity contribution in [3.63, 3.8) is 0 Å². The Kier molecular flexibility index (Phi) is 4.88. The highest BCUT2D eigenvalue weighted by Crippen LogP contribution is 2.27. The van der Waals surface area contributed by atoms with Crippen LogP contribution in [0, 0.1) is 0 Å². The number of carbonyl (C=O) groups is 2. The van der Waals surface area contributed by atoms with Crippen molar-refractivity contribution in [3.8, 4) is 17.2 Å². The maximum Gasteiger partial charge on any atom is 0.357 e. The predicted octanol–water partition coefficient (Wildman–Crippen LogP) is 1.98. The Hall–Kier alpha value is -3.75. The Labute approximate surface area is 147 Å². The van der Waals surface area contributed by atoms with Crippen LogP contribution in [0.5, 0.6) is 5.75 Å². The van der Waals surface area contributed by atoms with Crippen LogP contribution in [-0.2, 0) is 16.1 Å². The summed E-state index contributed by atoms with van der Waals surface area (Å²) in [5, 5.41) is 17.3. The van der Waals surface area contributed by atoms with Crippen LogP contribution >= 0.6 is 0 Å². The zero-order valence-corrected chi connectivity index (χ0v) is 13.6. The van der Waals surface area contributed by atoms with Gasteiger partial charge in [-0.3, -0.25) is 0 Å². The number of hydrogen-bond acceptors (Lipinski definition) is 9. The van der Waals surface area contributed by atoms with Crippen LogP contribution in [0.15, 0.2) is 46.9 Å². The van der Waals surface area contributed by atoms with Crippen LogP contribution in [-0.4, -0.2) is 39.3 Å². The number of methoxy groups -OCH3 is 1. The molecule has 3 aromatic rings. The van der Waals surface area contributed by atoms with Crippen molar-refractivity contribution in [3.05, 3.63) is 59.7 Å². The number of para-hydroxylation sites is 1. The number of carbonyl (C=O) groups excluding carboxylic acids is 2. The first kappa shape index (κ1) is 17.1. The minimum absolute atomic E-state index is 0.0106. The smallest absolute Gasteiger partial charge is 0.357 e. The second-order valence-electron chi connectivity index (χ2n) is 4.99. The monoisotopic (exact) mass is 355 g/mol. The summed E-state index contributed by atoms with van der Waals surface area (Å²) in [6.45, 7) is -0.288. The van der Waals surface area contributed by atoms with Gasteiger partial charge in [0.2, 0.25) is 0 Å². The van der Waals surface area contributed by atoms with Gasteiger partial charge in [0.05, 0.1) is 12.7 Å². The number of esters is 2. The van der Waals surface area contributed by atoms with E-state index in [4.69, 9.17) is 9.15 Å². The second kappa shape index (κ2) is 7.43. The number of nitrogens with zero attached hydrogens (tertiary/aromatic N) is 3. The average Bonchev–Trinajstić information content (AvgIpc) is 3.14. The Morgan fingerprint density at radius 2 is 1.77 bits per heavy atom. The minimum Gasteiger partial charge on any atom is -0.507 e. The van der Waals surface area contributed by atoms with Crippen molar-refractivity contribution < 1.29 is 28.6 Å². The van der Waals surface area contributed by atoms with Gasteiger partial charge in [0.15, 0.2) is 6.61 Å². The summed E-state index contributed by atoms with van der Waals surface area (Å²) in [7, 11) is 1.21. The number of rotatable bonds is 5. The number of aromatic nitrogens is 3. The van der Waals surface area contributed by atoms with E-state index >= 15 is 0 Å². The standard InChI is InChI=1S/C17H13N3O6/c1-24-16(22)11-6-4-7-12(18-11)17(23)25-9-14-19-20-15(26-14)10-5-2-3-8-13(10)21/h2-8,21H,9H2,1H3. The van der Waals surface area contributed by atoms with Crippen LogP contribution in [0.2, 0.25) is 0 Å². The van der Waals surface area contributed by atoms with Gasteiger partial charge in [-0.25, -0.2) is 14.6 Å². The molecule has 2 heterocycles. The second-order valence-corrected chi connectivity index (χ2v) is 4.99. The predicted molar refractivity (Wildman–Crippen MR) is 86.1 cm³/mol. The molecule has 0 radical (unpaired) electrons. The third kappa shape index (κ3) is 3.66. The Morgan fingerprint density at radius 1 is 1.04 bits per heavy atom. The number of phenolic OH excluding ortho intramolecular Hbond substituents is 1. The average molecular weight is 355 g/mol. The third-order valence-electron chi connectivity index (χ3n) is 3.28. The Balaban J connectivity index is 1.67. The summed E-state index contributed by atoms with van der Waals surface area (Å²) >= 11 is 0. The van der Waals surface area contributed by atoms with Gasteiger partial charge in [-0.15, -0.1) is 10.2 Å². The summed E-state index contributed by atoms with van der Waals surface area (Å²) in [5.74, 6) is -1.30. The fourth-order valence-corrected chi connectivity index (χ4v) is 2.04. The van der Waals surface area contributed by atoms with Crippen molar-refractivity contribution >= 4 is 11.9 Å². The van der Waals surface area contributed by atoms with E-state index in [1.54, 1.807) is 18.2 Å². The lowest BCUT2D eigenvalue weighted by atomic mass is 10.2. The lowest BCUT2D eigenvalue weighted by Crippen LogP contribution is -2.11. The molecule has 0 saturated heterocycles. The van der Waals surface area contributed by atoms with Crippen molar-refractivity contribution in [1.29, 1.82) is 0 Å².